The predicted octanol–water partition coefficient (Wildman–Crippen LogP) is 3.34. The summed E-state index contributed by atoms with van der Waals surface area (Å²) in [5.41, 5.74) is 2.39. The second-order valence-corrected chi connectivity index (χ2v) is 4.56. The maximum absolute atomic E-state index is 11.1. The first-order chi connectivity index (χ1) is 6.58. The Bertz CT molecular complexity index is 364. The van der Waals surface area contributed by atoms with Crippen LogP contribution in [0.25, 0.3) is 0 Å². The molecule has 2 heteroatoms. The number of hydrogen-bond donors (Lipinski definition) is 0. The zero-order chi connectivity index (χ0) is 10.3. The Labute approximate surface area is 89.1 Å². The summed E-state index contributed by atoms with van der Waals surface area (Å²) >= 11 is 5.96. The molecule has 1 nitrogen and oxygen atoms in total. The third kappa shape index (κ3) is 1.83. The summed E-state index contributed by atoms with van der Waals surface area (Å²) in [5, 5.41) is 0.772. The molecule has 2 atom stereocenters. The van der Waals surface area contributed by atoms with E-state index in [0.29, 0.717) is 11.7 Å². The molecule has 1 aromatic rings. The quantitative estimate of drug-likeness (QED) is 0.729. The lowest BCUT2D eigenvalue weighted by Gasteiger charge is -2.02. The molecule has 0 spiro atoms. The van der Waals surface area contributed by atoms with E-state index in [9.17, 15) is 4.79 Å². The first-order valence-corrected chi connectivity index (χ1v) is 5.23. The highest BCUT2D eigenvalue weighted by molar-refractivity contribution is 6.30. The first-order valence-electron chi connectivity index (χ1n) is 4.85. The Morgan fingerprint density at radius 1 is 1.43 bits per heavy atom. The molecule has 1 aliphatic rings. The fourth-order valence-electron chi connectivity index (χ4n) is 1.99. The van der Waals surface area contributed by atoms with Crippen LogP contribution in [0.5, 0.6) is 0 Å². The molecule has 0 bridgehead atoms. The SMILES string of the molecule is CC(=O)C1CC1c1cc(C)cc(Cl)c1. The molecule has 0 aromatic heterocycles. The number of halogens is 1. The van der Waals surface area contributed by atoms with E-state index in [1.165, 1.54) is 11.1 Å². The van der Waals surface area contributed by atoms with Crippen molar-refractivity contribution in [2.24, 2.45) is 5.92 Å². The molecule has 0 amide bonds. The molecule has 74 valence electrons. The Morgan fingerprint density at radius 3 is 2.64 bits per heavy atom. The van der Waals surface area contributed by atoms with E-state index in [0.717, 1.165) is 11.4 Å². The number of carbonyl (C=O) groups is 1. The van der Waals surface area contributed by atoms with Crippen molar-refractivity contribution >= 4 is 17.4 Å². The summed E-state index contributed by atoms with van der Waals surface area (Å²) in [6.07, 6.45) is 0.995. The monoisotopic (exact) mass is 208 g/mol. The maximum atomic E-state index is 11.1. The van der Waals surface area contributed by atoms with Crippen molar-refractivity contribution in [3.8, 4) is 0 Å². The summed E-state index contributed by atoms with van der Waals surface area (Å²) in [6.45, 7) is 3.70. The predicted molar refractivity (Wildman–Crippen MR) is 57.7 cm³/mol. The molecule has 2 unspecified atom stereocenters. The van der Waals surface area contributed by atoms with Gasteiger partial charge in [-0.3, -0.25) is 4.79 Å². The number of aryl methyl sites for hydroxylation is 1. The fraction of sp³-hybridized carbons (Fsp3) is 0.417. The third-order valence-corrected chi connectivity index (χ3v) is 3.02. The molecule has 0 N–H and O–H groups in total. The summed E-state index contributed by atoms with van der Waals surface area (Å²) in [5.74, 6) is 0.963. The molecule has 0 radical (unpaired) electrons. The summed E-state index contributed by atoms with van der Waals surface area (Å²) in [6, 6.07) is 6.04. The van der Waals surface area contributed by atoms with E-state index in [1.54, 1.807) is 6.92 Å². The van der Waals surface area contributed by atoms with Gasteiger partial charge in [0.05, 0.1) is 0 Å². The van der Waals surface area contributed by atoms with Crippen LogP contribution in [-0.2, 0) is 4.79 Å². The van der Waals surface area contributed by atoms with Gasteiger partial charge in [0.1, 0.15) is 5.78 Å². The van der Waals surface area contributed by atoms with Crippen LogP contribution in [0, 0.1) is 12.8 Å². The van der Waals surface area contributed by atoms with E-state index in [-0.39, 0.29) is 5.92 Å². The summed E-state index contributed by atoms with van der Waals surface area (Å²) in [7, 11) is 0. The van der Waals surface area contributed by atoms with Crippen molar-refractivity contribution < 1.29 is 4.79 Å². The lowest BCUT2D eigenvalue weighted by molar-refractivity contribution is -0.118. The largest absolute Gasteiger partial charge is 0.300 e. The van der Waals surface area contributed by atoms with Crippen LogP contribution in [-0.4, -0.2) is 5.78 Å². The Kier molecular flexibility index (Phi) is 2.36. The molecule has 14 heavy (non-hydrogen) atoms. The van der Waals surface area contributed by atoms with E-state index < -0.39 is 0 Å². The topological polar surface area (TPSA) is 17.1 Å². The lowest BCUT2D eigenvalue weighted by Crippen LogP contribution is -1.94. The van der Waals surface area contributed by atoms with Crippen molar-refractivity contribution in [2.45, 2.75) is 26.2 Å². The van der Waals surface area contributed by atoms with E-state index in [4.69, 9.17) is 11.6 Å². The van der Waals surface area contributed by atoms with Crippen molar-refractivity contribution in [1.82, 2.24) is 0 Å². The van der Waals surface area contributed by atoms with Gasteiger partial charge in [0.15, 0.2) is 0 Å². The average molecular weight is 209 g/mol. The molecule has 2 rings (SSSR count). The maximum Gasteiger partial charge on any atom is 0.133 e. The number of Topliss-reactive ketones (excluding diaryl/α,β-unsaturated/α-hetero) is 1. The van der Waals surface area contributed by atoms with Crippen LogP contribution >= 0.6 is 11.6 Å². The highest BCUT2D eigenvalue weighted by Crippen LogP contribution is 2.48. The normalized spacial score (nSPS) is 24.8. The van der Waals surface area contributed by atoms with Gasteiger partial charge >= 0.3 is 0 Å². The van der Waals surface area contributed by atoms with Gasteiger partial charge in [-0.25, -0.2) is 0 Å². The van der Waals surface area contributed by atoms with Crippen LogP contribution in [0.1, 0.15) is 30.4 Å². The van der Waals surface area contributed by atoms with Crippen LogP contribution in [0.15, 0.2) is 18.2 Å². The third-order valence-electron chi connectivity index (χ3n) is 2.81. The number of hydrogen-bond acceptors (Lipinski definition) is 1. The van der Waals surface area contributed by atoms with Gasteiger partial charge in [-0.2, -0.15) is 0 Å². The number of rotatable bonds is 2. The molecule has 0 aliphatic heterocycles. The van der Waals surface area contributed by atoms with Gasteiger partial charge in [-0.15, -0.1) is 0 Å². The van der Waals surface area contributed by atoms with Gasteiger partial charge in [0, 0.05) is 10.9 Å². The summed E-state index contributed by atoms with van der Waals surface area (Å²) in [4.78, 5) is 11.1. The minimum absolute atomic E-state index is 0.243. The van der Waals surface area contributed by atoms with Crippen LogP contribution in [0.2, 0.25) is 5.02 Å². The molecule has 0 heterocycles. The Morgan fingerprint density at radius 2 is 2.14 bits per heavy atom. The molecule has 1 aromatic carbocycles. The van der Waals surface area contributed by atoms with E-state index in [1.807, 2.05) is 19.1 Å². The standard InChI is InChI=1S/C12H13ClO/c1-7-3-9(5-10(13)4-7)12-6-11(12)8(2)14/h3-5,11-12H,6H2,1-2H3. The van der Waals surface area contributed by atoms with Gasteiger partial charge in [0.25, 0.3) is 0 Å². The van der Waals surface area contributed by atoms with Crippen LogP contribution in [0.3, 0.4) is 0 Å². The molecule has 1 aliphatic carbocycles. The van der Waals surface area contributed by atoms with Gasteiger partial charge < -0.3 is 0 Å². The van der Waals surface area contributed by atoms with E-state index in [2.05, 4.69) is 6.07 Å². The first kappa shape index (κ1) is 9.72. The Hall–Kier alpha value is -0.820. The van der Waals surface area contributed by atoms with Crippen molar-refractivity contribution in [2.75, 3.05) is 0 Å². The molecule has 0 saturated heterocycles. The number of benzene rings is 1. The zero-order valence-electron chi connectivity index (χ0n) is 8.38. The number of ketones is 1. The van der Waals surface area contributed by atoms with Crippen LogP contribution in [0.4, 0.5) is 0 Å². The zero-order valence-corrected chi connectivity index (χ0v) is 9.14. The van der Waals surface area contributed by atoms with Gasteiger partial charge in [-0.1, -0.05) is 17.7 Å². The van der Waals surface area contributed by atoms with Crippen LogP contribution < -0.4 is 0 Å². The highest BCUT2D eigenvalue weighted by Gasteiger charge is 2.41. The molecule has 1 fully saturated rings. The van der Waals surface area contributed by atoms with Gasteiger partial charge in [0.2, 0.25) is 0 Å². The Balaban J connectivity index is 2.23. The minimum atomic E-state index is 0.243. The fourth-order valence-corrected chi connectivity index (χ4v) is 2.29. The minimum Gasteiger partial charge on any atom is -0.300 e. The highest BCUT2D eigenvalue weighted by atomic mass is 35.5. The molecular formula is C12H13ClO. The average Bonchev–Trinajstić information content (AvgIpc) is 2.79. The van der Waals surface area contributed by atoms with Crippen molar-refractivity contribution in [3.05, 3.63) is 34.3 Å². The second kappa shape index (κ2) is 3.39. The van der Waals surface area contributed by atoms with Gasteiger partial charge in [-0.05, 0) is 49.4 Å². The summed E-state index contributed by atoms with van der Waals surface area (Å²) < 4.78 is 0. The smallest absolute Gasteiger partial charge is 0.133 e. The second-order valence-electron chi connectivity index (χ2n) is 4.12. The molecular weight excluding hydrogens is 196 g/mol. The lowest BCUT2D eigenvalue weighted by atomic mass is 10.1. The van der Waals surface area contributed by atoms with E-state index >= 15 is 0 Å². The van der Waals surface area contributed by atoms with Crippen molar-refractivity contribution in [1.29, 1.82) is 0 Å². The van der Waals surface area contributed by atoms with Crippen molar-refractivity contribution in [3.63, 3.8) is 0 Å². The number of carbonyl (C=O) groups excluding carboxylic acids is 1. The molecule has 1 saturated carbocycles.